The van der Waals surface area contributed by atoms with Crippen molar-refractivity contribution < 1.29 is 59.0 Å². The maximum atomic E-state index is 12.8. The highest BCUT2D eigenvalue weighted by Gasteiger charge is 2.51. The number of hydrogen-bond acceptors (Lipinski definition) is 11. The maximum absolute atomic E-state index is 12.8. The second kappa shape index (κ2) is 27.8. The van der Waals surface area contributed by atoms with E-state index in [1.54, 1.807) is 12.2 Å². The molecule has 8 atom stereocenters. The Kier molecular flexibility index (Phi) is 25.8. The minimum Gasteiger partial charge on any atom is -0.389 e. The van der Waals surface area contributed by atoms with Crippen LogP contribution in [-0.4, -0.2) is 108 Å². The molecule has 1 rings (SSSR count). The van der Waals surface area contributed by atoms with E-state index in [0.29, 0.717) is 12.8 Å². The fourth-order valence-corrected chi connectivity index (χ4v) is 6.45. The van der Waals surface area contributed by atoms with E-state index in [4.69, 9.17) is 9.05 Å². The van der Waals surface area contributed by atoms with Crippen molar-refractivity contribution in [2.24, 2.45) is 0 Å². The van der Waals surface area contributed by atoms with Crippen molar-refractivity contribution >= 4 is 13.7 Å². The summed E-state index contributed by atoms with van der Waals surface area (Å²) in [5.41, 5.74) is 0. The Morgan fingerprint density at radius 2 is 1.20 bits per heavy atom. The predicted octanol–water partition coefficient (Wildman–Crippen LogP) is 4.02. The molecular formula is C37H66NO12P. The number of carbonyl (C=O) groups excluding carboxylic acids is 1. The highest BCUT2D eigenvalue weighted by molar-refractivity contribution is 7.47. The van der Waals surface area contributed by atoms with Crippen LogP contribution >= 0.6 is 7.82 Å². The van der Waals surface area contributed by atoms with Crippen LogP contribution < -0.4 is 5.32 Å². The van der Waals surface area contributed by atoms with E-state index in [0.717, 1.165) is 32.1 Å². The summed E-state index contributed by atoms with van der Waals surface area (Å²) in [6, 6.07) is -1.28. The van der Waals surface area contributed by atoms with Crippen LogP contribution in [0.3, 0.4) is 0 Å². The topological polar surface area (TPSA) is 226 Å². The van der Waals surface area contributed by atoms with Gasteiger partial charge in [0.2, 0.25) is 5.91 Å². The number of allylic oxidation sites excluding steroid dienone is 6. The van der Waals surface area contributed by atoms with Gasteiger partial charge >= 0.3 is 7.82 Å². The van der Waals surface area contributed by atoms with E-state index in [2.05, 4.69) is 31.3 Å². The van der Waals surface area contributed by atoms with Gasteiger partial charge in [-0.2, -0.15) is 0 Å². The lowest BCUT2D eigenvalue weighted by atomic mass is 9.85. The first-order chi connectivity index (χ1) is 24.3. The van der Waals surface area contributed by atoms with Crippen molar-refractivity contribution in [3.63, 3.8) is 0 Å². The molecule has 0 aromatic heterocycles. The van der Waals surface area contributed by atoms with Gasteiger partial charge in [0, 0.05) is 0 Å². The number of rotatable bonds is 28. The molecule has 1 aliphatic rings. The number of aliphatic hydroxyl groups is 7. The van der Waals surface area contributed by atoms with E-state index in [9.17, 15) is 50.0 Å². The summed E-state index contributed by atoms with van der Waals surface area (Å²) >= 11 is 0. The molecule has 1 fully saturated rings. The Bertz CT molecular complexity index is 1070. The van der Waals surface area contributed by atoms with Gasteiger partial charge in [0.1, 0.15) is 36.6 Å². The molecule has 0 radical (unpaired) electrons. The second-order valence-corrected chi connectivity index (χ2v) is 14.6. The van der Waals surface area contributed by atoms with Crippen molar-refractivity contribution in [1.82, 2.24) is 5.32 Å². The number of amides is 1. The van der Waals surface area contributed by atoms with Crippen LogP contribution in [0.2, 0.25) is 0 Å². The number of hydrogen-bond donors (Lipinski definition) is 9. The third-order valence-electron chi connectivity index (χ3n) is 8.64. The molecule has 0 heterocycles. The van der Waals surface area contributed by atoms with Crippen molar-refractivity contribution in [3.8, 4) is 0 Å². The van der Waals surface area contributed by atoms with Gasteiger partial charge in [0.25, 0.3) is 0 Å². The van der Waals surface area contributed by atoms with E-state index in [1.165, 1.54) is 63.5 Å². The molecule has 0 aliphatic heterocycles. The standard InChI is InChI=1S/C37H66NO12P/c1-3-5-7-9-11-13-15-16-18-20-22-24-28(39)26-31(41)38-29(30(40)25-23-21-19-17-14-12-10-8-6-4-2)27-49-51(47,48)50-37-35(45)33(43)32(42)34(44)36(37)46/h14,16-18,22-25,28-30,32-37,39-40,42-46H,3-13,15,19-21,26-27H2,1-2H3,(H,38,41)(H,47,48)/b17-14+,18-16-,24-22-,25-23+. The Hall–Kier alpha value is -1.74. The number of aliphatic hydroxyl groups excluding tert-OH is 7. The van der Waals surface area contributed by atoms with Crippen LogP contribution in [0.15, 0.2) is 48.6 Å². The third-order valence-corrected chi connectivity index (χ3v) is 9.63. The summed E-state index contributed by atoms with van der Waals surface area (Å²) in [6.45, 7) is 3.58. The quantitative estimate of drug-likeness (QED) is 0.0314. The Labute approximate surface area is 304 Å². The Morgan fingerprint density at radius 1 is 0.686 bits per heavy atom. The molecule has 9 N–H and O–H groups in total. The van der Waals surface area contributed by atoms with E-state index >= 15 is 0 Å². The Morgan fingerprint density at radius 3 is 1.82 bits per heavy atom. The molecular weight excluding hydrogens is 681 g/mol. The molecule has 8 unspecified atom stereocenters. The van der Waals surface area contributed by atoms with Crippen LogP contribution in [0.25, 0.3) is 0 Å². The third kappa shape index (κ3) is 20.9. The number of nitrogens with one attached hydrogen (secondary N) is 1. The zero-order valence-corrected chi connectivity index (χ0v) is 31.4. The molecule has 0 bridgehead atoms. The molecule has 13 nitrogen and oxygen atoms in total. The van der Waals surface area contributed by atoms with Gasteiger partial charge in [0.05, 0.1) is 31.3 Å². The predicted molar refractivity (Wildman–Crippen MR) is 196 cm³/mol. The second-order valence-electron chi connectivity index (χ2n) is 13.2. The van der Waals surface area contributed by atoms with Gasteiger partial charge in [-0.3, -0.25) is 13.8 Å². The number of carbonyl (C=O) groups is 1. The van der Waals surface area contributed by atoms with E-state index in [1.807, 2.05) is 12.2 Å². The lowest BCUT2D eigenvalue weighted by Crippen LogP contribution is -2.64. The first-order valence-electron chi connectivity index (χ1n) is 18.7. The van der Waals surface area contributed by atoms with Gasteiger partial charge < -0.3 is 46.0 Å². The van der Waals surface area contributed by atoms with Crippen LogP contribution in [-0.2, 0) is 18.4 Å². The molecule has 0 spiro atoms. The molecule has 0 saturated heterocycles. The number of unbranched alkanes of at least 4 members (excludes halogenated alkanes) is 11. The summed E-state index contributed by atoms with van der Waals surface area (Å²) in [7, 11) is -5.15. The van der Waals surface area contributed by atoms with Crippen molar-refractivity contribution in [3.05, 3.63) is 48.6 Å². The van der Waals surface area contributed by atoms with Gasteiger partial charge in [-0.25, -0.2) is 4.57 Å². The van der Waals surface area contributed by atoms with Crippen LogP contribution in [0.4, 0.5) is 0 Å². The van der Waals surface area contributed by atoms with Crippen molar-refractivity contribution in [2.75, 3.05) is 6.61 Å². The van der Waals surface area contributed by atoms with Crippen LogP contribution in [0, 0.1) is 0 Å². The smallest absolute Gasteiger partial charge is 0.389 e. The SMILES string of the molecule is CCCCCC/C=C/CC/C=C/C(O)C(COP(=O)(O)OC1C(O)C(O)C(O)C(O)C1O)NC(=O)CC(O)/C=C\C/C=C\CCCCCCCC. The highest BCUT2D eigenvalue weighted by atomic mass is 31.2. The van der Waals surface area contributed by atoms with Crippen LogP contribution in [0.1, 0.15) is 117 Å². The fraction of sp³-hybridized carbons (Fsp3) is 0.757. The summed E-state index contributed by atoms with van der Waals surface area (Å²) in [5, 5.41) is 73.7. The van der Waals surface area contributed by atoms with Gasteiger partial charge in [-0.1, -0.05) is 114 Å². The first kappa shape index (κ1) is 47.3. The maximum Gasteiger partial charge on any atom is 0.472 e. The molecule has 0 aromatic carbocycles. The van der Waals surface area contributed by atoms with Gasteiger partial charge in [-0.15, -0.1) is 0 Å². The van der Waals surface area contributed by atoms with Crippen molar-refractivity contribution in [2.45, 2.75) is 171 Å². The zero-order chi connectivity index (χ0) is 38.1. The highest BCUT2D eigenvalue weighted by Crippen LogP contribution is 2.47. The van der Waals surface area contributed by atoms with Gasteiger partial charge in [-0.05, 0) is 44.9 Å². The lowest BCUT2D eigenvalue weighted by molar-refractivity contribution is -0.220. The number of phosphoric ester groups is 1. The minimum absolute atomic E-state index is 0.361. The lowest BCUT2D eigenvalue weighted by Gasteiger charge is -2.41. The van der Waals surface area contributed by atoms with E-state index in [-0.39, 0.29) is 6.42 Å². The fourth-order valence-electron chi connectivity index (χ4n) is 5.49. The summed E-state index contributed by atoms with van der Waals surface area (Å²) in [6.07, 6.45) is 15.6. The minimum atomic E-state index is -5.15. The summed E-state index contributed by atoms with van der Waals surface area (Å²) in [4.78, 5) is 23.2. The van der Waals surface area contributed by atoms with Crippen LogP contribution in [0.5, 0.6) is 0 Å². The normalized spacial score (nSPS) is 25.9. The summed E-state index contributed by atoms with van der Waals surface area (Å²) in [5.74, 6) is -0.676. The first-order valence-corrected chi connectivity index (χ1v) is 20.2. The van der Waals surface area contributed by atoms with Gasteiger partial charge in [0.15, 0.2) is 0 Å². The average Bonchev–Trinajstić information content (AvgIpc) is 3.09. The molecule has 1 aliphatic carbocycles. The monoisotopic (exact) mass is 747 g/mol. The summed E-state index contributed by atoms with van der Waals surface area (Å²) < 4.78 is 22.6. The molecule has 14 heteroatoms. The van der Waals surface area contributed by atoms with Crippen molar-refractivity contribution in [1.29, 1.82) is 0 Å². The average molecular weight is 748 g/mol. The molecule has 296 valence electrons. The molecule has 1 saturated carbocycles. The van der Waals surface area contributed by atoms with E-state index < -0.39 is 75.2 Å². The zero-order valence-electron chi connectivity index (χ0n) is 30.5. The molecule has 1 amide bonds. The Balaban J connectivity index is 2.76. The largest absolute Gasteiger partial charge is 0.472 e. The molecule has 0 aromatic rings. The number of phosphoric acid groups is 1. The molecule has 51 heavy (non-hydrogen) atoms.